The molecule has 0 fully saturated rings. The number of amides is 2. The van der Waals surface area contributed by atoms with Gasteiger partial charge in [-0.05, 0) is 56.7 Å². The van der Waals surface area contributed by atoms with Gasteiger partial charge in [-0.3, -0.25) is 0 Å². The summed E-state index contributed by atoms with van der Waals surface area (Å²) < 4.78 is 7.75. The topological polar surface area (TPSA) is 107 Å². The number of rotatable bonds is 10. The standard InChI is InChI=1S/C22H30N6O2S/c1-4-30-14-18-27-19-20(15(2)13-25-21(19)23)28(18)11-6-5-10-24-22(29)26-16-8-7-9-17(12-16)31-3/h7-9,12-13H,4-6,10-11,14H2,1-3H3,(H2,23,25)(H2,24,26,29). The molecule has 3 aromatic rings. The number of anilines is 2. The average Bonchev–Trinajstić information content (AvgIpc) is 3.14. The number of aryl methyl sites for hydroxylation is 2. The van der Waals surface area contributed by atoms with Crippen LogP contribution < -0.4 is 16.4 Å². The largest absolute Gasteiger partial charge is 0.382 e. The van der Waals surface area contributed by atoms with Crippen LogP contribution in [0.5, 0.6) is 0 Å². The summed E-state index contributed by atoms with van der Waals surface area (Å²) in [5.74, 6) is 1.28. The van der Waals surface area contributed by atoms with E-state index in [0.29, 0.717) is 25.6 Å². The van der Waals surface area contributed by atoms with Crippen LogP contribution in [-0.2, 0) is 17.9 Å². The smallest absolute Gasteiger partial charge is 0.319 e. The van der Waals surface area contributed by atoms with Crippen LogP contribution in [-0.4, -0.2) is 40.0 Å². The Bertz CT molecular complexity index is 1040. The molecule has 1 aromatic carbocycles. The van der Waals surface area contributed by atoms with Crippen LogP contribution in [0.25, 0.3) is 11.0 Å². The van der Waals surface area contributed by atoms with Gasteiger partial charge >= 0.3 is 6.03 Å². The molecule has 9 heteroatoms. The highest BCUT2D eigenvalue weighted by Gasteiger charge is 2.15. The Kier molecular flexibility index (Phi) is 8.13. The number of unbranched alkanes of at least 4 members (excludes halogenated alkanes) is 1. The second-order valence-electron chi connectivity index (χ2n) is 7.16. The average molecular weight is 443 g/mol. The molecule has 0 aliphatic rings. The lowest BCUT2D eigenvalue weighted by Gasteiger charge is -2.11. The van der Waals surface area contributed by atoms with Gasteiger partial charge in [0.25, 0.3) is 0 Å². The van der Waals surface area contributed by atoms with Crippen LogP contribution in [0.15, 0.2) is 35.4 Å². The van der Waals surface area contributed by atoms with Crippen LogP contribution in [0, 0.1) is 6.92 Å². The van der Waals surface area contributed by atoms with Crippen LogP contribution in [0.3, 0.4) is 0 Å². The molecule has 4 N–H and O–H groups in total. The second-order valence-corrected chi connectivity index (χ2v) is 8.04. The van der Waals surface area contributed by atoms with Crippen molar-refractivity contribution in [2.45, 2.75) is 44.7 Å². The lowest BCUT2D eigenvalue weighted by molar-refractivity contribution is 0.126. The predicted molar refractivity (Wildman–Crippen MR) is 126 cm³/mol. The monoisotopic (exact) mass is 442 g/mol. The number of nitrogens with two attached hydrogens (primary N) is 1. The minimum atomic E-state index is -0.196. The fourth-order valence-corrected chi connectivity index (χ4v) is 3.84. The number of nitrogen functional groups attached to an aromatic ring is 1. The molecule has 0 unspecified atom stereocenters. The van der Waals surface area contributed by atoms with E-state index in [2.05, 4.69) is 25.2 Å². The number of ether oxygens (including phenoxy) is 1. The number of hydrogen-bond donors (Lipinski definition) is 3. The minimum absolute atomic E-state index is 0.196. The summed E-state index contributed by atoms with van der Waals surface area (Å²) in [6, 6.07) is 7.58. The molecule has 0 saturated carbocycles. The Balaban J connectivity index is 1.55. The fourth-order valence-electron chi connectivity index (χ4n) is 3.38. The van der Waals surface area contributed by atoms with E-state index in [1.165, 1.54) is 0 Å². The third-order valence-electron chi connectivity index (χ3n) is 4.92. The number of carbonyl (C=O) groups excluding carboxylic acids is 1. The van der Waals surface area contributed by atoms with Crippen LogP contribution in [0.1, 0.15) is 31.2 Å². The van der Waals surface area contributed by atoms with Gasteiger partial charge in [0.05, 0.1) is 5.52 Å². The lowest BCUT2D eigenvalue weighted by atomic mass is 10.2. The van der Waals surface area contributed by atoms with E-state index < -0.39 is 0 Å². The Morgan fingerprint density at radius 3 is 2.94 bits per heavy atom. The molecule has 0 atom stereocenters. The molecule has 166 valence electrons. The number of nitrogens with zero attached hydrogens (tertiary/aromatic N) is 3. The highest BCUT2D eigenvalue weighted by molar-refractivity contribution is 7.98. The number of pyridine rings is 1. The summed E-state index contributed by atoms with van der Waals surface area (Å²) in [6.45, 7) is 6.37. The summed E-state index contributed by atoms with van der Waals surface area (Å²) in [5, 5.41) is 5.79. The van der Waals surface area contributed by atoms with Crippen molar-refractivity contribution < 1.29 is 9.53 Å². The van der Waals surface area contributed by atoms with Crippen molar-refractivity contribution in [2.75, 3.05) is 30.5 Å². The van der Waals surface area contributed by atoms with E-state index in [1.54, 1.807) is 18.0 Å². The molecule has 2 amide bonds. The highest BCUT2D eigenvalue weighted by atomic mass is 32.2. The van der Waals surface area contributed by atoms with Gasteiger partial charge in [0.1, 0.15) is 17.9 Å². The number of aromatic nitrogens is 3. The van der Waals surface area contributed by atoms with Crippen molar-refractivity contribution >= 4 is 40.3 Å². The molecule has 3 rings (SSSR count). The molecule has 0 saturated heterocycles. The van der Waals surface area contributed by atoms with E-state index in [9.17, 15) is 4.79 Å². The number of fused-ring (bicyclic) bond motifs is 1. The zero-order valence-corrected chi connectivity index (χ0v) is 19.1. The molecule has 8 nitrogen and oxygen atoms in total. The molecular weight excluding hydrogens is 412 g/mol. The maximum atomic E-state index is 12.2. The summed E-state index contributed by atoms with van der Waals surface area (Å²) in [5.41, 5.74) is 9.59. The van der Waals surface area contributed by atoms with E-state index in [4.69, 9.17) is 10.5 Å². The van der Waals surface area contributed by atoms with E-state index in [1.807, 2.05) is 44.4 Å². The quantitative estimate of drug-likeness (QED) is 0.321. The van der Waals surface area contributed by atoms with Crippen molar-refractivity contribution in [3.8, 4) is 0 Å². The Morgan fingerprint density at radius 1 is 1.32 bits per heavy atom. The first-order chi connectivity index (χ1) is 15.0. The minimum Gasteiger partial charge on any atom is -0.382 e. The summed E-state index contributed by atoms with van der Waals surface area (Å²) in [4.78, 5) is 22.2. The first kappa shape index (κ1) is 22.9. The van der Waals surface area contributed by atoms with E-state index >= 15 is 0 Å². The highest BCUT2D eigenvalue weighted by Crippen LogP contribution is 2.24. The molecule has 2 aromatic heterocycles. The molecule has 0 aliphatic heterocycles. The van der Waals surface area contributed by atoms with Gasteiger partial charge in [-0.25, -0.2) is 14.8 Å². The number of urea groups is 1. The van der Waals surface area contributed by atoms with Gasteiger partial charge in [0, 0.05) is 36.5 Å². The Labute approximate surface area is 187 Å². The van der Waals surface area contributed by atoms with Crippen molar-refractivity contribution in [1.82, 2.24) is 19.9 Å². The molecule has 0 bridgehead atoms. The molecule has 0 spiro atoms. The molecule has 2 heterocycles. The SMILES string of the molecule is CCOCc1nc2c(N)ncc(C)c2n1CCCCNC(=O)Nc1cccc(SC)c1. The van der Waals surface area contributed by atoms with Crippen LogP contribution in [0.4, 0.5) is 16.3 Å². The fraction of sp³-hybridized carbons (Fsp3) is 0.409. The van der Waals surface area contributed by atoms with Gasteiger partial charge in [-0.2, -0.15) is 0 Å². The zero-order valence-electron chi connectivity index (χ0n) is 18.3. The Morgan fingerprint density at radius 2 is 2.16 bits per heavy atom. The number of carbonyl (C=O) groups is 1. The van der Waals surface area contributed by atoms with Gasteiger partial charge in [-0.15, -0.1) is 11.8 Å². The molecule has 31 heavy (non-hydrogen) atoms. The summed E-state index contributed by atoms with van der Waals surface area (Å²) in [7, 11) is 0. The molecular formula is C22H30N6O2S. The number of hydrogen-bond acceptors (Lipinski definition) is 6. The number of imidazole rings is 1. The van der Waals surface area contributed by atoms with E-state index in [0.717, 1.165) is 52.4 Å². The maximum absolute atomic E-state index is 12.2. The van der Waals surface area contributed by atoms with Crippen molar-refractivity contribution in [3.63, 3.8) is 0 Å². The number of benzene rings is 1. The first-order valence-corrected chi connectivity index (χ1v) is 11.6. The van der Waals surface area contributed by atoms with Crippen molar-refractivity contribution in [2.24, 2.45) is 0 Å². The van der Waals surface area contributed by atoms with Gasteiger partial charge in [0.15, 0.2) is 5.82 Å². The Hall–Kier alpha value is -2.78. The third kappa shape index (κ3) is 5.89. The van der Waals surface area contributed by atoms with Crippen LogP contribution in [0.2, 0.25) is 0 Å². The second kappa shape index (κ2) is 11.0. The summed E-state index contributed by atoms with van der Waals surface area (Å²) in [6.07, 6.45) is 5.51. The van der Waals surface area contributed by atoms with Gasteiger partial charge < -0.3 is 25.7 Å². The normalized spacial score (nSPS) is 11.1. The third-order valence-corrected chi connectivity index (χ3v) is 5.64. The number of nitrogens with one attached hydrogen (secondary N) is 2. The van der Waals surface area contributed by atoms with E-state index in [-0.39, 0.29) is 6.03 Å². The molecule has 0 aliphatic carbocycles. The van der Waals surface area contributed by atoms with Crippen molar-refractivity contribution in [3.05, 3.63) is 41.9 Å². The molecule has 0 radical (unpaired) electrons. The van der Waals surface area contributed by atoms with Crippen molar-refractivity contribution in [1.29, 1.82) is 0 Å². The first-order valence-electron chi connectivity index (χ1n) is 10.4. The predicted octanol–water partition coefficient (Wildman–Crippen LogP) is 4.18. The van der Waals surface area contributed by atoms with Crippen LogP contribution >= 0.6 is 11.8 Å². The maximum Gasteiger partial charge on any atom is 0.319 e. The van der Waals surface area contributed by atoms with Gasteiger partial charge in [-0.1, -0.05) is 6.07 Å². The number of thioether (sulfide) groups is 1. The lowest BCUT2D eigenvalue weighted by Crippen LogP contribution is -2.29. The van der Waals surface area contributed by atoms with Gasteiger partial charge in [0.2, 0.25) is 0 Å². The zero-order chi connectivity index (χ0) is 22.2. The summed E-state index contributed by atoms with van der Waals surface area (Å²) >= 11 is 1.64.